The molecule has 0 spiro atoms. The van der Waals surface area contributed by atoms with Gasteiger partial charge in [0.1, 0.15) is 0 Å². The van der Waals surface area contributed by atoms with Gasteiger partial charge in [-0.25, -0.2) is 0 Å². The second-order valence-electron chi connectivity index (χ2n) is 4.12. The van der Waals surface area contributed by atoms with Crippen LogP contribution in [-0.2, 0) is 4.74 Å². The Kier molecular flexibility index (Phi) is 3.52. The Morgan fingerprint density at radius 3 is 2.62 bits per heavy atom. The molecule has 1 aromatic carbocycles. The highest BCUT2D eigenvalue weighted by Crippen LogP contribution is 2.22. The molecule has 2 rings (SSSR count). The summed E-state index contributed by atoms with van der Waals surface area (Å²) in [4.78, 5) is 4.56. The minimum atomic E-state index is 0.689. The lowest BCUT2D eigenvalue weighted by molar-refractivity contribution is 0.155. The molecule has 1 aliphatic heterocycles. The molecule has 0 aromatic heterocycles. The van der Waals surface area contributed by atoms with Crippen molar-refractivity contribution in [2.24, 2.45) is 4.99 Å². The zero-order valence-electron chi connectivity index (χ0n) is 9.86. The fraction of sp³-hybridized carbons (Fsp3) is 0.357. The molecule has 2 nitrogen and oxygen atoms in total. The summed E-state index contributed by atoms with van der Waals surface area (Å²) in [6, 6.07) is 6.24. The largest absolute Gasteiger partial charge is 0.376 e. The standard InChI is InChI=1S/C14H17NO/c1-11-5-3-6-12(2)14(11)15-9-13-7-4-8-16-10-13/h3,5-7,9H,4,8,10H2,1-2H3. The average Bonchev–Trinajstić information content (AvgIpc) is 2.30. The number of para-hydroxylation sites is 1. The predicted octanol–water partition coefficient (Wildman–Crippen LogP) is 3.35. The topological polar surface area (TPSA) is 21.6 Å². The lowest BCUT2D eigenvalue weighted by atomic mass is 10.1. The SMILES string of the molecule is Cc1cccc(C)c1N=CC1=CCCOC1. The van der Waals surface area contributed by atoms with Gasteiger partial charge in [0, 0.05) is 6.21 Å². The lowest BCUT2D eigenvalue weighted by Crippen LogP contribution is -2.06. The third kappa shape index (κ3) is 2.58. The fourth-order valence-corrected chi connectivity index (χ4v) is 1.82. The number of ether oxygens (including phenoxy) is 1. The van der Waals surface area contributed by atoms with E-state index in [1.165, 1.54) is 16.7 Å². The van der Waals surface area contributed by atoms with Gasteiger partial charge in [-0.3, -0.25) is 4.99 Å². The third-order valence-electron chi connectivity index (χ3n) is 2.74. The molecule has 0 atom stereocenters. The van der Waals surface area contributed by atoms with Crippen LogP contribution in [-0.4, -0.2) is 19.4 Å². The number of rotatable bonds is 2. The number of nitrogens with zero attached hydrogens (tertiary/aromatic N) is 1. The van der Waals surface area contributed by atoms with Crippen LogP contribution >= 0.6 is 0 Å². The summed E-state index contributed by atoms with van der Waals surface area (Å²) in [6.07, 6.45) is 5.11. The van der Waals surface area contributed by atoms with Gasteiger partial charge in [0.15, 0.2) is 0 Å². The van der Waals surface area contributed by atoms with Crippen LogP contribution in [0.1, 0.15) is 17.5 Å². The molecule has 16 heavy (non-hydrogen) atoms. The molecule has 0 fully saturated rings. The summed E-state index contributed by atoms with van der Waals surface area (Å²) in [5, 5.41) is 0. The first kappa shape index (κ1) is 11.1. The monoisotopic (exact) mass is 215 g/mol. The van der Waals surface area contributed by atoms with Gasteiger partial charge in [0.05, 0.1) is 18.9 Å². The zero-order valence-corrected chi connectivity index (χ0v) is 9.86. The van der Waals surface area contributed by atoms with Crippen molar-refractivity contribution >= 4 is 11.9 Å². The van der Waals surface area contributed by atoms with Crippen LogP contribution in [0.15, 0.2) is 34.8 Å². The molecule has 0 unspecified atom stereocenters. The number of aliphatic imine (C=N–C) groups is 1. The van der Waals surface area contributed by atoms with E-state index in [-0.39, 0.29) is 0 Å². The Morgan fingerprint density at radius 2 is 2.00 bits per heavy atom. The van der Waals surface area contributed by atoms with Crippen molar-refractivity contribution in [1.29, 1.82) is 0 Å². The van der Waals surface area contributed by atoms with E-state index in [2.05, 4.69) is 43.1 Å². The van der Waals surface area contributed by atoms with Crippen molar-refractivity contribution < 1.29 is 4.74 Å². The second kappa shape index (κ2) is 5.08. The molecular formula is C14H17NO. The van der Waals surface area contributed by atoms with Crippen LogP contribution in [0.4, 0.5) is 5.69 Å². The maximum Gasteiger partial charge on any atom is 0.0728 e. The highest BCUT2D eigenvalue weighted by Gasteiger charge is 2.02. The van der Waals surface area contributed by atoms with Gasteiger partial charge in [-0.05, 0) is 37.0 Å². The molecule has 2 heteroatoms. The molecule has 0 saturated carbocycles. The van der Waals surface area contributed by atoms with Crippen LogP contribution in [0, 0.1) is 13.8 Å². The number of benzene rings is 1. The molecule has 0 aliphatic carbocycles. The molecule has 0 radical (unpaired) electrons. The van der Waals surface area contributed by atoms with E-state index >= 15 is 0 Å². The first-order valence-corrected chi connectivity index (χ1v) is 5.64. The maximum absolute atomic E-state index is 5.37. The fourth-order valence-electron chi connectivity index (χ4n) is 1.82. The zero-order chi connectivity index (χ0) is 11.4. The normalized spacial score (nSPS) is 16.5. The van der Waals surface area contributed by atoms with Crippen molar-refractivity contribution in [2.75, 3.05) is 13.2 Å². The summed E-state index contributed by atoms with van der Waals surface area (Å²) < 4.78 is 5.37. The van der Waals surface area contributed by atoms with Gasteiger partial charge in [-0.15, -0.1) is 0 Å². The maximum atomic E-state index is 5.37. The molecule has 1 heterocycles. The summed E-state index contributed by atoms with van der Waals surface area (Å²) in [5.74, 6) is 0. The quantitative estimate of drug-likeness (QED) is 0.693. The smallest absolute Gasteiger partial charge is 0.0728 e. The van der Waals surface area contributed by atoms with E-state index in [1.807, 2.05) is 6.21 Å². The third-order valence-corrected chi connectivity index (χ3v) is 2.74. The van der Waals surface area contributed by atoms with Crippen molar-refractivity contribution in [2.45, 2.75) is 20.3 Å². The first-order chi connectivity index (χ1) is 7.77. The van der Waals surface area contributed by atoms with E-state index in [9.17, 15) is 0 Å². The van der Waals surface area contributed by atoms with Crippen LogP contribution in [0.5, 0.6) is 0 Å². The van der Waals surface area contributed by atoms with E-state index in [4.69, 9.17) is 4.74 Å². The van der Waals surface area contributed by atoms with E-state index in [1.54, 1.807) is 0 Å². The Balaban J connectivity index is 2.20. The van der Waals surface area contributed by atoms with Crippen LogP contribution in [0.2, 0.25) is 0 Å². The molecule has 0 bridgehead atoms. The van der Waals surface area contributed by atoms with Gasteiger partial charge in [-0.1, -0.05) is 24.3 Å². The number of aryl methyl sites for hydroxylation is 2. The molecule has 84 valence electrons. The van der Waals surface area contributed by atoms with Gasteiger partial charge < -0.3 is 4.74 Å². The highest BCUT2D eigenvalue weighted by molar-refractivity contribution is 5.82. The molecule has 1 aliphatic rings. The lowest BCUT2D eigenvalue weighted by Gasteiger charge is -2.10. The Labute approximate surface area is 96.7 Å². The summed E-state index contributed by atoms with van der Waals surface area (Å²) in [5.41, 5.74) is 4.69. The van der Waals surface area contributed by atoms with Crippen LogP contribution in [0.3, 0.4) is 0 Å². The van der Waals surface area contributed by atoms with Crippen molar-refractivity contribution in [1.82, 2.24) is 0 Å². The Hall–Kier alpha value is -1.41. The molecule has 0 N–H and O–H groups in total. The predicted molar refractivity (Wildman–Crippen MR) is 67.6 cm³/mol. The summed E-state index contributed by atoms with van der Waals surface area (Å²) in [7, 11) is 0. The van der Waals surface area contributed by atoms with Crippen LogP contribution in [0.25, 0.3) is 0 Å². The second-order valence-corrected chi connectivity index (χ2v) is 4.12. The van der Waals surface area contributed by atoms with E-state index in [0.717, 1.165) is 18.7 Å². The summed E-state index contributed by atoms with van der Waals surface area (Å²) in [6.45, 7) is 5.70. The molecule has 0 amide bonds. The van der Waals surface area contributed by atoms with Gasteiger partial charge in [0.25, 0.3) is 0 Å². The summed E-state index contributed by atoms with van der Waals surface area (Å²) >= 11 is 0. The highest BCUT2D eigenvalue weighted by atomic mass is 16.5. The van der Waals surface area contributed by atoms with Gasteiger partial charge in [0.2, 0.25) is 0 Å². The minimum absolute atomic E-state index is 0.689. The van der Waals surface area contributed by atoms with Crippen molar-refractivity contribution in [3.05, 3.63) is 41.0 Å². The molecule has 0 saturated heterocycles. The Bertz CT molecular complexity index is 412. The van der Waals surface area contributed by atoms with Crippen molar-refractivity contribution in [3.63, 3.8) is 0 Å². The first-order valence-electron chi connectivity index (χ1n) is 5.64. The van der Waals surface area contributed by atoms with E-state index < -0.39 is 0 Å². The van der Waals surface area contributed by atoms with Gasteiger partial charge >= 0.3 is 0 Å². The minimum Gasteiger partial charge on any atom is -0.376 e. The molecule has 1 aromatic rings. The van der Waals surface area contributed by atoms with Gasteiger partial charge in [-0.2, -0.15) is 0 Å². The van der Waals surface area contributed by atoms with Crippen LogP contribution < -0.4 is 0 Å². The molecular weight excluding hydrogens is 198 g/mol. The average molecular weight is 215 g/mol. The number of hydrogen-bond acceptors (Lipinski definition) is 2. The van der Waals surface area contributed by atoms with Crippen molar-refractivity contribution in [3.8, 4) is 0 Å². The Morgan fingerprint density at radius 1 is 1.25 bits per heavy atom. The number of hydrogen-bond donors (Lipinski definition) is 0. The van der Waals surface area contributed by atoms with E-state index in [0.29, 0.717) is 6.61 Å².